The minimum Gasteiger partial charge on any atom is -0.491 e. The highest BCUT2D eigenvalue weighted by molar-refractivity contribution is 9.10. The summed E-state index contributed by atoms with van der Waals surface area (Å²) >= 11 is 3.29. The van der Waals surface area contributed by atoms with Crippen molar-refractivity contribution in [3.05, 3.63) is 21.7 Å². The maximum Gasteiger partial charge on any atom is 0.341 e. The van der Waals surface area contributed by atoms with Crippen molar-refractivity contribution in [3.8, 4) is 5.75 Å². The first-order chi connectivity index (χ1) is 11.2. The Morgan fingerprint density at radius 3 is 2.50 bits per heavy atom. The van der Waals surface area contributed by atoms with Gasteiger partial charge in [0.25, 0.3) is 0 Å². The molecule has 7 nitrogen and oxygen atoms in total. The fourth-order valence-corrected chi connectivity index (χ4v) is 3.78. The molecule has 0 amide bonds. The first kappa shape index (κ1) is 20.9. The van der Waals surface area contributed by atoms with E-state index in [2.05, 4.69) is 20.7 Å². The molecule has 0 atom stereocenters. The molecule has 0 spiro atoms. The van der Waals surface area contributed by atoms with E-state index in [1.54, 1.807) is 6.92 Å². The highest BCUT2D eigenvalue weighted by Crippen LogP contribution is 2.36. The third-order valence-corrected chi connectivity index (χ3v) is 5.75. The number of halogens is 1. The molecule has 0 saturated heterocycles. The quantitative estimate of drug-likeness (QED) is 0.507. The average molecular weight is 423 g/mol. The van der Waals surface area contributed by atoms with Crippen LogP contribution in [0.2, 0.25) is 0 Å². The first-order valence-corrected chi connectivity index (χ1v) is 9.55. The van der Waals surface area contributed by atoms with Crippen molar-refractivity contribution >= 4 is 31.9 Å². The van der Waals surface area contributed by atoms with Gasteiger partial charge in [0.15, 0.2) is 5.75 Å². The molecule has 1 aromatic rings. The number of ether oxygens (including phenoxy) is 2. The summed E-state index contributed by atoms with van der Waals surface area (Å²) in [6, 6.07) is 1.51. The smallest absolute Gasteiger partial charge is 0.341 e. The highest BCUT2D eigenvalue weighted by Gasteiger charge is 2.28. The minimum atomic E-state index is -3.82. The van der Waals surface area contributed by atoms with Crippen molar-refractivity contribution in [2.24, 2.45) is 0 Å². The number of hydrogen-bond donors (Lipinski definition) is 1. The van der Waals surface area contributed by atoms with Crippen LogP contribution < -0.4 is 9.46 Å². The summed E-state index contributed by atoms with van der Waals surface area (Å²) in [5, 5.41) is 0. The fourth-order valence-electron chi connectivity index (χ4n) is 2.09. The molecule has 0 saturated carbocycles. The van der Waals surface area contributed by atoms with Gasteiger partial charge in [-0.1, -0.05) is 15.9 Å². The predicted molar refractivity (Wildman–Crippen MR) is 95.1 cm³/mol. The van der Waals surface area contributed by atoms with E-state index in [0.717, 1.165) is 6.54 Å². The Morgan fingerprint density at radius 1 is 1.38 bits per heavy atom. The summed E-state index contributed by atoms with van der Waals surface area (Å²) in [5.74, 6) is -0.651. The maximum atomic E-state index is 12.4. The van der Waals surface area contributed by atoms with Crippen molar-refractivity contribution in [2.45, 2.75) is 18.2 Å². The van der Waals surface area contributed by atoms with Gasteiger partial charge in [0.05, 0.1) is 13.7 Å². The van der Waals surface area contributed by atoms with Crippen molar-refractivity contribution in [1.82, 2.24) is 9.62 Å². The molecule has 24 heavy (non-hydrogen) atoms. The van der Waals surface area contributed by atoms with Gasteiger partial charge in [-0.2, -0.15) is 0 Å². The van der Waals surface area contributed by atoms with E-state index < -0.39 is 16.0 Å². The topological polar surface area (TPSA) is 84.9 Å². The van der Waals surface area contributed by atoms with Gasteiger partial charge in [-0.15, -0.1) is 0 Å². The molecule has 1 aromatic carbocycles. The molecule has 1 N–H and O–H groups in total. The zero-order chi connectivity index (χ0) is 18.5. The molecule has 0 radical (unpaired) electrons. The third kappa shape index (κ3) is 4.92. The largest absolute Gasteiger partial charge is 0.491 e. The summed E-state index contributed by atoms with van der Waals surface area (Å²) in [6.45, 7) is 2.69. The zero-order valence-corrected chi connectivity index (χ0v) is 16.9. The first-order valence-electron chi connectivity index (χ1n) is 7.28. The van der Waals surface area contributed by atoms with Crippen LogP contribution in [0.4, 0.5) is 0 Å². The minimum absolute atomic E-state index is 0.00987. The lowest BCUT2D eigenvalue weighted by Crippen LogP contribution is -2.23. The Hall–Kier alpha value is -1.16. The van der Waals surface area contributed by atoms with E-state index in [-0.39, 0.29) is 22.8 Å². The van der Waals surface area contributed by atoms with Crippen LogP contribution in [0, 0.1) is 6.92 Å². The standard InChI is InChI=1S/C15H23BrN2O5S/c1-10-12(16)9-11(15(19)22-5)13(14(10)24(20,21)17-2)23-8-6-7-18(3)4/h9,17H,6-8H2,1-5H3. The van der Waals surface area contributed by atoms with Gasteiger partial charge in [0, 0.05) is 11.0 Å². The van der Waals surface area contributed by atoms with Gasteiger partial charge in [-0.3, -0.25) is 0 Å². The van der Waals surface area contributed by atoms with Gasteiger partial charge in [0.1, 0.15) is 10.5 Å². The van der Waals surface area contributed by atoms with Gasteiger partial charge in [-0.25, -0.2) is 17.9 Å². The van der Waals surface area contributed by atoms with Crippen molar-refractivity contribution in [1.29, 1.82) is 0 Å². The number of rotatable bonds is 8. The zero-order valence-electron chi connectivity index (χ0n) is 14.5. The van der Waals surface area contributed by atoms with Crippen molar-refractivity contribution in [3.63, 3.8) is 0 Å². The second-order valence-electron chi connectivity index (χ2n) is 5.39. The van der Waals surface area contributed by atoms with Crippen LogP contribution in [-0.4, -0.2) is 60.7 Å². The number of esters is 1. The van der Waals surface area contributed by atoms with Crippen molar-refractivity contribution in [2.75, 3.05) is 41.4 Å². The molecule has 0 unspecified atom stereocenters. The maximum absolute atomic E-state index is 12.4. The molecule has 0 aliphatic heterocycles. The number of hydrogen-bond acceptors (Lipinski definition) is 6. The lowest BCUT2D eigenvalue weighted by molar-refractivity contribution is 0.0595. The lowest BCUT2D eigenvalue weighted by Gasteiger charge is -2.18. The Bertz CT molecular complexity index is 704. The summed E-state index contributed by atoms with van der Waals surface area (Å²) in [4.78, 5) is 14.0. The Kier molecular flexibility index (Phi) is 7.65. The van der Waals surface area contributed by atoms with Crippen LogP contribution in [0.15, 0.2) is 15.4 Å². The van der Waals surface area contributed by atoms with Crippen LogP contribution in [0.5, 0.6) is 5.75 Å². The number of carbonyl (C=O) groups is 1. The summed E-state index contributed by atoms with van der Waals surface area (Å²) in [6.07, 6.45) is 0.682. The van der Waals surface area contributed by atoms with Gasteiger partial charge in [-0.05, 0) is 46.1 Å². The van der Waals surface area contributed by atoms with Gasteiger partial charge in [0.2, 0.25) is 10.0 Å². The van der Waals surface area contributed by atoms with E-state index >= 15 is 0 Å². The molecule has 136 valence electrons. The molecule has 0 bridgehead atoms. The van der Waals surface area contributed by atoms with Gasteiger partial charge < -0.3 is 14.4 Å². The highest BCUT2D eigenvalue weighted by atomic mass is 79.9. The lowest BCUT2D eigenvalue weighted by atomic mass is 10.1. The second kappa shape index (κ2) is 8.80. The molecule has 0 aliphatic rings. The third-order valence-electron chi connectivity index (χ3n) is 3.36. The SMILES string of the molecule is CNS(=O)(=O)c1c(C)c(Br)cc(C(=O)OC)c1OCCCN(C)C. The molecule has 0 fully saturated rings. The number of carbonyl (C=O) groups excluding carboxylic acids is 1. The van der Waals surface area contributed by atoms with E-state index in [1.807, 2.05) is 19.0 Å². The summed E-state index contributed by atoms with van der Waals surface area (Å²) in [5.41, 5.74) is 0.522. The number of nitrogens with one attached hydrogen (secondary N) is 1. The Balaban J connectivity index is 3.43. The van der Waals surface area contributed by atoms with Crippen LogP contribution in [-0.2, 0) is 14.8 Å². The van der Waals surface area contributed by atoms with Crippen LogP contribution in [0.3, 0.4) is 0 Å². The normalized spacial score (nSPS) is 11.6. The Labute approximate surface area is 151 Å². The van der Waals surface area contributed by atoms with Crippen LogP contribution in [0.1, 0.15) is 22.3 Å². The van der Waals surface area contributed by atoms with Gasteiger partial charge >= 0.3 is 5.97 Å². The average Bonchev–Trinajstić information content (AvgIpc) is 2.53. The Morgan fingerprint density at radius 2 is 2.00 bits per heavy atom. The van der Waals surface area contributed by atoms with Crippen LogP contribution >= 0.6 is 15.9 Å². The molecule has 0 aromatic heterocycles. The molecule has 9 heteroatoms. The number of nitrogens with zero attached hydrogens (tertiary/aromatic N) is 1. The summed E-state index contributed by atoms with van der Waals surface area (Å²) in [7, 11) is 2.58. The van der Waals surface area contributed by atoms with E-state index in [1.165, 1.54) is 20.2 Å². The molecular formula is C15H23BrN2O5S. The second-order valence-corrected chi connectivity index (χ2v) is 8.07. The molecule has 0 aliphatic carbocycles. The van der Waals surface area contributed by atoms with E-state index in [4.69, 9.17) is 9.47 Å². The van der Waals surface area contributed by atoms with E-state index in [9.17, 15) is 13.2 Å². The molecule has 0 heterocycles. The monoisotopic (exact) mass is 422 g/mol. The number of benzene rings is 1. The fraction of sp³-hybridized carbons (Fsp3) is 0.533. The number of sulfonamides is 1. The predicted octanol–water partition coefficient (Wildman–Crippen LogP) is 1.78. The molecule has 1 rings (SSSR count). The van der Waals surface area contributed by atoms with E-state index in [0.29, 0.717) is 16.5 Å². The molecular weight excluding hydrogens is 400 g/mol. The van der Waals surface area contributed by atoms with Crippen LogP contribution in [0.25, 0.3) is 0 Å². The van der Waals surface area contributed by atoms with Crippen molar-refractivity contribution < 1.29 is 22.7 Å². The number of methoxy groups -OCH3 is 1. The summed E-state index contributed by atoms with van der Waals surface area (Å²) < 4.78 is 38.1.